The standard InChI is InChI=1S/C32H46N2S4/c1-7-9-11-13-15-21-17-27(31(3,4)33)37-29(21)25-19-23-24(35-25)20-26(36-23)30-22(16-14-12-10-8-2)18-28(38-30)32(5,6)34/h17-20H,7-16,33-34H2,1-6H3. The fourth-order valence-corrected chi connectivity index (χ4v) is 9.94. The lowest BCUT2D eigenvalue weighted by molar-refractivity contribution is 0.566. The third-order valence-corrected chi connectivity index (χ3v) is 12.8. The van der Waals surface area contributed by atoms with Crippen molar-refractivity contribution in [3.05, 3.63) is 45.1 Å². The van der Waals surface area contributed by atoms with Crippen molar-refractivity contribution in [3.8, 4) is 19.5 Å². The summed E-state index contributed by atoms with van der Waals surface area (Å²) < 4.78 is 2.80. The Morgan fingerprint density at radius 2 is 0.947 bits per heavy atom. The molecule has 2 nitrogen and oxygen atoms in total. The highest BCUT2D eigenvalue weighted by Crippen LogP contribution is 2.48. The molecule has 0 aromatic carbocycles. The zero-order valence-corrected chi connectivity index (χ0v) is 27.4. The van der Waals surface area contributed by atoms with Crippen molar-refractivity contribution >= 4 is 54.7 Å². The average molecular weight is 587 g/mol. The minimum atomic E-state index is -0.302. The highest BCUT2D eigenvalue weighted by atomic mass is 32.1. The van der Waals surface area contributed by atoms with Crippen molar-refractivity contribution < 1.29 is 0 Å². The van der Waals surface area contributed by atoms with Crippen LogP contribution in [0.5, 0.6) is 0 Å². The quantitative estimate of drug-likeness (QED) is 0.144. The molecule has 0 amide bonds. The van der Waals surface area contributed by atoms with Crippen LogP contribution < -0.4 is 11.5 Å². The molecular weight excluding hydrogens is 541 g/mol. The van der Waals surface area contributed by atoms with Crippen LogP contribution >= 0.6 is 45.3 Å². The van der Waals surface area contributed by atoms with Gasteiger partial charge < -0.3 is 11.5 Å². The normalized spacial score (nSPS) is 12.7. The monoisotopic (exact) mass is 586 g/mol. The summed E-state index contributed by atoms with van der Waals surface area (Å²) in [6.07, 6.45) is 12.6. The molecular formula is C32H46N2S4. The van der Waals surface area contributed by atoms with Gasteiger partial charge in [-0.25, -0.2) is 0 Å². The fourth-order valence-electron chi connectivity index (χ4n) is 4.83. The van der Waals surface area contributed by atoms with E-state index in [1.54, 1.807) is 0 Å². The minimum absolute atomic E-state index is 0.302. The zero-order valence-electron chi connectivity index (χ0n) is 24.2. The van der Waals surface area contributed by atoms with Crippen LogP contribution in [-0.2, 0) is 23.9 Å². The number of hydrogen-bond acceptors (Lipinski definition) is 6. The second kappa shape index (κ2) is 12.7. The molecule has 4 aromatic heterocycles. The lowest BCUT2D eigenvalue weighted by Crippen LogP contribution is -2.27. The molecule has 0 atom stereocenters. The summed E-state index contributed by atoms with van der Waals surface area (Å²) in [6.45, 7) is 13.1. The van der Waals surface area contributed by atoms with Gasteiger partial charge in [-0.05, 0) is 88.8 Å². The second-order valence-electron chi connectivity index (χ2n) is 11.9. The van der Waals surface area contributed by atoms with Gasteiger partial charge in [0.15, 0.2) is 0 Å². The number of fused-ring (bicyclic) bond motifs is 1. The molecule has 0 bridgehead atoms. The topological polar surface area (TPSA) is 52.0 Å². The first-order valence-electron chi connectivity index (χ1n) is 14.4. The van der Waals surface area contributed by atoms with E-state index in [4.69, 9.17) is 11.5 Å². The van der Waals surface area contributed by atoms with Crippen LogP contribution in [0.3, 0.4) is 0 Å². The molecule has 0 fully saturated rings. The largest absolute Gasteiger partial charge is 0.321 e. The lowest BCUT2D eigenvalue weighted by Gasteiger charge is -2.15. The van der Waals surface area contributed by atoms with Crippen LogP contribution in [-0.4, -0.2) is 0 Å². The lowest BCUT2D eigenvalue weighted by atomic mass is 10.0. The predicted octanol–water partition coefficient (Wildman–Crippen LogP) is 11.1. The van der Waals surface area contributed by atoms with E-state index >= 15 is 0 Å². The van der Waals surface area contributed by atoms with Gasteiger partial charge in [-0.3, -0.25) is 0 Å². The van der Waals surface area contributed by atoms with Crippen LogP contribution in [0.1, 0.15) is 114 Å². The molecule has 208 valence electrons. The Labute approximate surface area is 246 Å². The van der Waals surface area contributed by atoms with Gasteiger partial charge in [0, 0.05) is 49.7 Å². The Kier molecular flexibility index (Phi) is 9.97. The first kappa shape index (κ1) is 30.0. The Bertz CT molecular complexity index is 1190. The minimum Gasteiger partial charge on any atom is -0.321 e. The number of thiophene rings is 4. The third-order valence-electron chi connectivity index (χ3n) is 7.14. The summed E-state index contributed by atoms with van der Waals surface area (Å²) in [4.78, 5) is 8.25. The number of aryl methyl sites for hydroxylation is 2. The van der Waals surface area contributed by atoms with E-state index in [1.165, 1.54) is 101 Å². The van der Waals surface area contributed by atoms with E-state index < -0.39 is 0 Å². The van der Waals surface area contributed by atoms with Gasteiger partial charge in [0.1, 0.15) is 0 Å². The Morgan fingerprint density at radius 3 is 1.29 bits per heavy atom. The maximum atomic E-state index is 6.54. The SMILES string of the molecule is CCCCCCc1cc(C(C)(C)N)sc1-c1cc2sc(-c3sc(C(C)(C)N)cc3CCCCCC)cc2s1. The van der Waals surface area contributed by atoms with E-state index in [9.17, 15) is 0 Å². The van der Waals surface area contributed by atoms with Crippen LogP contribution in [0.15, 0.2) is 24.3 Å². The summed E-state index contributed by atoms with van der Waals surface area (Å²) in [5.74, 6) is 0. The molecule has 0 radical (unpaired) electrons. The van der Waals surface area contributed by atoms with Gasteiger partial charge in [-0.2, -0.15) is 0 Å². The molecule has 38 heavy (non-hydrogen) atoms. The van der Waals surface area contributed by atoms with E-state index in [-0.39, 0.29) is 11.1 Å². The third kappa shape index (κ3) is 7.18. The van der Waals surface area contributed by atoms with Gasteiger partial charge in [0.05, 0.1) is 0 Å². The summed E-state index contributed by atoms with van der Waals surface area (Å²) in [5.41, 5.74) is 15.4. The summed E-state index contributed by atoms with van der Waals surface area (Å²) in [6, 6.07) is 9.64. The predicted molar refractivity (Wildman–Crippen MR) is 176 cm³/mol. The summed E-state index contributed by atoms with van der Waals surface area (Å²) in [5, 5.41) is 0. The van der Waals surface area contributed by atoms with Gasteiger partial charge in [-0.15, -0.1) is 45.3 Å². The van der Waals surface area contributed by atoms with Crippen molar-refractivity contribution in [2.45, 2.75) is 117 Å². The van der Waals surface area contributed by atoms with Crippen molar-refractivity contribution in [1.29, 1.82) is 0 Å². The Balaban J connectivity index is 1.65. The first-order chi connectivity index (χ1) is 18.0. The number of hydrogen-bond donors (Lipinski definition) is 2. The van der Waals surface area contributed by atoms with Crippen LogP contribution in [0.2, 0.25) is 0 Å². The molecule has 0 unspecified atom stereocenters. The molecule has 0 aliphatic rings. The van der Waals surface area contributed by atoms with E-state index in [1.807, 2.05) is 45.3 Å². The highest BCUT2D eigenvalue weighted by Gasteiger charge is 2.24. The van der Waals surface area contributed by atoms with Gasteiger partial charge in [0.2, 0.25) is 0 Å². The molecule has 4 aromatic rings. The number of unbranched alkanes of at least 4 members (excludes halogenated alkanes) is 6. The highest BCUT2D eigenvalue weighted by molar-refractivity contribution is 7.33. The Morgan fingerprint density at radius 1 is 0.553 bits per heavy atom. The van der Waals surface area contributed by atoms with Crippen molar-refractivity contribution in [2.24, 2.45) is 11.5 Å². The molecule has 4 N–H and O–H groups in total. The zero-order chi connectivity index (χ0) is 27.5. The molecule has 4 heterocycles. The number of nitrogens with two attached hydrogens (primary N) is 2. The van der Waals surface area contributed by atoms with E-state index in [0.29, 0.717) is 0 Å². The fraction of sp³-hybridized carbons (Fsp3) is 0.562. The molecule has 4 rings (SSSR count). The maximum Gasteiger partial charge on any atom is 0.0478 e. The van der Waals surface area contributed by atoms with Gasteiger partial charge in [-0.1, -0.05) is 52.4 Å². The molecule has 0 saturated heterocycles. The first-order valence-corrected chi connectivity index (χ1v) is 17.7. The summed E-state index contributed by atoms with van der Waals surface area (Å²) >= 11 is 7.71. The van der Waals surface area contributed by atoms with Crippen molar-refractivity contribution in [3.63, 3.8) is 0 Å². The molecule has 0 saturated carbocycles. The molecule has 0 aliphatic heterocycles. The maximum absolute atomic E-state index is 6.54. The number of rotatable bonds is 14. The van der Waals surface area contributed by atoms with E-state index in [0.717, 1.165) is 12.8 Å². The molecule has 0 aliphatic carbocycles. The molecule has 6 heteroatoms. The van der Waals surface area contributed by atoms with Crippen LogP contribution in [0.25, 0.3) is 28.9 Å². The second-order valence-corrected chi connectivity index (χ2v) is 16.2. The van der Waals surface area contributed by atoms with Crippen molar-refractivity contribution in [1.82, 2.24) is 0 Å². The van der Waals surface area contributed by atoms with Gasteiger partial charge >= 0.3 is 0 Å². The molecule has 0 spiro atoms. The van der Waals surface area contributed by atoms with Crippen LogP contribution in [0, 0.1) is 0 Å². The van der Waals surface area contributed by atoms with Crippen LogP contribution in [0.4, 0.5) is 0 Å². The Hall–Kier alpha value is -1.02. The van der Waals surface area contributed by atoms with E-state index in [2.05, 4.69) is 65.8 Å². The smallest absolute Gasteiger partial charge is 0.0478 e. The summed E-state index contributed by atoms with van der Waals surface area (Å²) in [7, 11) is 0. The van der Waals surface area contributed by atoms with Crippen molar-refractivity contribution in [2.75, 3.05) is 0 Å². The average Bonchev–Trinajstić information content (AvgIpc) is 3.59. The van der Waals surface area contributed by atoms with Gasteiger partial charge in [0.25, 0.3) is 0 Å².